The van der Waals surface area contributed by atoms with Crippen molar-refractivity contribution >= 4 is 28.9 Å². The first-order chi connectivity index (χ1) is 13.7. The van der Waals surface area contributed by atoms with Crippen molar-refractivity contribution in [1.82, 2.24) is 19.6 Å². The Morgan fingerprint density at radius 1 is 1.29 bits per heavy atom. The normalized spacial score (nSPS) is 17.2. The van der Waals surface area contributed by atoms with Gasteiger partial charge >= 0.3 is 0 Å². The van der Waals surface area contributed by atoms with E-state index in [1.807, 2.05) is 30.5 Å². The van der Waals surface area contributed by atoms with Gasteiger partial charge in [-0.3, -0.25) is 0 Å². The van der Waals surface area contributed by atoms with E-state index in [0.717, 1.165) is 49.1 Å². The SMILES string of the molecule is CCc1cnn2c(Nc3cccc(N)c3)nc(N3CCCC[C@H]3CCO)nc12. The minimum Gasteiger partial charge on any atom is -0.399 e. The first kappa shape index (κ1) is 18.5. The highest BCUT2D eigenvalue weighted by molar-refractivity contribution is 5.63. The number of piperidine rings is 1. The summed E-state index contributed by atoms with van der Waals surface area (Å²) in [4.78, 5) is 11.9. The number of rotatable bonds is 6. The van der Waals surface area contributed by atoms with Crippen LogP contribution in [0.15, 0.2) is 30.5 Å². The van der Waals surface area contributed by atoms with Crippen molar-refractivity contribution in [2.75, 3.05) is 29.1 Å². The number of nitrogens with zero attached hydrogens (tertiary/aromatic N) is 5. The summed E-state index contributed by atoms with van der Waals surface area (Å²) in [7, 11) is 0. The predicted molar refractivity (Wildman–Crippen MR) is 111 cm³/mol. The number of anilines is 4. The number of nitrogens with two attached hydrogens (primary N) is 1. The van der Waals surface area contributed by atoms with E-state index in [0.29, 0.717) is 17.6 Å². The zero-order valence-electron chi connectivity index (χ0n) is 16.2. The molecule has 28 heavy (non-hydrogen) atoms. The number of nitrogens with one attached hydrogen (secondary N) is 1. The highest BCUT2D eigenvalue weighted by atomic mass is 16.3. The van der Waals surface area contributed by atoms with Crippen LogP contribution in [-0.2, 0) is 6.42 Å². The van der Waals surface area contributed by atoms with Gasteiger partial charge in [-0.25, -0.2) is 0 Å². The quantitative estimate of drug-likeness (QED) is 0.564. The molecule has 0 spiro atoms. The van der Waals surface area contributed by atoms with E-state index in [4.69, 9.17) is 15.7 Å². The Morgan fingerprint density at radius 3 is 2.96 bits per heavy atom. The summed E-state index contributed by atoms with van der Waals surface area (Å²) in [5.41, 5.74) is 9.35. The van der Waals surface area contributed by atoms with Crippen LogP contribution >= 0.6 is 0 Å². The van der Waals surface area contributed by atoms with Crippen LogP contribution in [0, 0.1) is 0 Å². The smallest absolute Gasteiger partial charge is 0.233 e. The first-order valence-electron chi connectivity index (χ1n) is 9.94. The molecule has 0 radical (unpaired) electrons. The number of aliphatic hydroxyl groups excluding tert-OH is 1. The fourth-order valence-electron chi connectivity index (χ4n) is 3.83. The molecule has 0 aliphatic carbocycles. The van der Waals surface area contributed by atoms with Gasteiger partial charge < -0.3 is 21.1 Å². The molecular formula is C20H27N7O. The van der Waals surface area contributed by atoms with Crippen molar-refractivity contribution in [2.45, 2.75) is 45.1 Å². The topological polar surface area (TPSA) is 105 Å². The molecule has 1 atom stereocenters. The van der Waals surface area contributed by atoms with Crippen LogP contribution < -0.4 is 16.0 Å². The summed E-state index contributed by atoms with van der Waals surface area (Å²) in [6.07, 6.45) is 6.75. The summed E-state index contributed by atoms with van der Waals surface area (Å²) in [6, 6.07) is 7.83. The van der Waals surface area contributed by atoms with Gasteiger partial charge in [-0.2, -0.15) is 19.6 Å². The Morgan fingerprint density at radius 2 is 2.18 bits per heavy atom. The third kappa shape index (κ3) is 3.60. The van der Waals surface area contributed by atoms with E-state index in [9.17, 15) is 5.11 Å². The van der Waals surface area contributed by atoms with Crippen LogP contribution in [0.5, 0.6) is 0 Å². The lowest BCUT2D eigenvalue weighted by molar-refractivity contribution is 0.261. The predicted octanol–water partition coefficient (Wildman–Crippen LogP) is 2.75. The average molecular weight is 381 g/mol. The van der Waals surface area contributed by atoms with Crippen molar-refractivity contribution in [3.8, 4) is 0 Å². The summed E-state index contributed by atoms with van der Waals surface area (Å²) >= 11 is 0. The monoisotopic (exact) mass is 381 g/mol. The Kier molecular flexibility index (Phi) is 5.29. The Bertz CT molecular complexity index is 953. The van der Waals surface area contributed by atoms with Gasteiger partial charge in [-0.05, 0) is 50.3 Å². The zero-order chi connectivity index (χ0) is 19.5. The van der Waals surface area contributed by atoms with Crippen LogP contribution in [0.2, 0.25) is 0 Å². The molecule has 4 N–H and O–H groups in total. The molecule has 3 aromatic rings. The summed E-state index contributed by atoms with van der Waals surface area (Å²) in [5.74, 6) is 1.30. The second-order valence-corrected chi connectivity index (χ2v) is 7.21. The van der Waals surface area contributed by atoms with Crippen molar-refractivity contribution in [1.29, 1.82) is 0 Å². The molecule has 1 fully saturated rings. The first-order valence-corrected chi connectivity index (χ1v) is 9.94. The minimum absolute atomic E-state index is 0.171. The van der Waals surface area contributed by atoms with E-state index in [1.165, 1.54) is 6.42 Å². The molecule has 1 saturated heterocycles. The largest absolute Gasteiger partial charge is 0.399 e. The lowest BCUT2D eigenvalue weighted by atomic mass is 10.0. The lowest BCUT2D eigenvalue weighted by Crippen LogP contribution is -2.41. The molecule has 8 heteroatoms. The highest BCUT2D eigenvalue weighted by Crippen LogP contribution is 2.27. The fraction of sp³-hybridized carbons (Fsp3) is 0.450. The molecule has 148 valence electrons. The summed E-state index contributed by atoms with van der Waals surface area (Å²) in [6.45, 7) is 3.16. The third-order valence-electron chi connectivity index (χ3n) is 5.30. The van der Waals surface area contributed by atoms with Crippen LogP contribution in [-0.4, -0.2) is 43.9 Å². The molecule has 0 unspecified atom stereocenters. The van der Waals surface area contributed by atoms with Gasteiger partial charge in [0.1, 0.15) is 0 Å². The molecule has 2 aromatic heterocycles. The summed E-state index contributed by atoms with van der Waals surface area (Å²) in [5, 5.41) is 17.3. The van der Waals surface area contributed by atoms with Gasteiger partial charge in [0.2, 0.25) is 11.9 Å². The molecule has 3 heterocycles. The number of hydrogen-bond acceptors (Lipinski definition) is 7. The number of nitrogen functional groups attached to an aromatic ring is 1. The second kappa shape index (κ2) is 8.02. The van der Waals surface area contributed by atoms with E-state index < -0.39 is 0 Å². The lowest BCUT2D eigenvalue weighted by Gasteiger charge is -2.35. The Balaban J connectivity index is 1.78. The maximum Gasteiger partial charge on any atom is 0.233 e. The van der Waals surface area contributed by atoms with Crippen molar-refractivity contribution < 1.29 is 5.11 Å². The third-order valence-corrected chi connectivity index (χ3v) is 5.30. The number of aliphatic hydroxyl groups is 1. The molecule has 1 aromatic carbocycles. The second-order valence-electron chi connectivity index (χ2n) is 7.21. The van der Waals surface area contributed by atoms with Gasteiger partial charge in [0.05, 0.1) is 6.20 Å². The number of fused-ring (bicyclic) bond motifs is 1. The molecule has 1 aliphatic heterocycles. The van der Waals surface area contributed by atoms with Crippen LogP contribution in [0.1, 0.15) is 38.2 Å². The maximum absolute atomic E-state index is 9.47. The Hall–Kier alpha value is -2.87. The molecule has 0 bridgehead atoms. The minimum atomic E-state index is 0.171. The maximum atomic E-state index is 9.47. The van der Waals surface area contributed by atoms with Crippen molar-refractivity contribution in [3.05, 3.63) is 36.0 Å². The number of benzene rings is 1. The molecule has 0 saturated carbocycles. The van der Waals surface area contributed by atoms with E-state index in [1.54, 1.807) is 4.52 Å². The standard InChI is InChI=1S/C20H27N7O/c1-2-14-13-22-27-18(14)24-19(26-10-4-3-8-17(26)9-11-28)25-20(27)23-16-7-5-6-15(21)12-16/h5-7,12-13,17,28H,2-4,8-11,21H2,1H3,(H,23,24,25)/t17-/m0/s1. The number of hydrogen-bond donors (Lipinski definition) is 3. The zero-order valence-corrected chi connectivity index (χ0v) is 16.2. The molecule has 0 amide bonds. The fourth-order valence-corrected chi connectivity index (χ4v) is 3.83. The van der Waals surface area contributed by atoms with Gasteiger partial charge in [0.25, 0.3) is 0 Å². The average Bonchev–Trinajstić information content (AvgIpc) is 3.12. The number of aromatic nitrogens is 4. The summed E-state index contributed by atoms with van der Waals surface area (Å²) < 4.78 is 1.75. The van der Waals surface area contributed by atoms with Crippen LogP contribution in [0.25, 0.3) is 5.65 Å². The van der Waals surface area contributed by atoms with Crippen molar-refractivity contribution in [2.24, 2.45) is 0 Å². The highest BCUT2D eigenvalue weighted by Gasteiger charge is 2.26. The van der Waals surface area contributed by atoms with E-state index in [-0.39, 0.29) is 12.6 Å². The van der Waals surface area contributed by atoms with Gasteiger partial charge in [-0.15, -0.1) is 0 Å². The molecule has 1 aliphatic rings. The van der Waals surface area contributed by atoms with Crippen LogP contribution in [0.3, 0.4) is 0 Å². The molecule has 4 rings (SSSR count). The molecule has 8 nitrogen and oxygen atoms in total. The molecular weight excluding hydrogens is 354 g/mol. The van der Waals surface area contributed by atoms with Gasteiger partial charge in [-0.1, -0.05) is 13.0 Å². The van der Waals surface area contributed by atoms with Gasteiger partial charge in [0.15, 0.2) is 5.65 Å². The number of aryl methyl sites for hydroxylation is 1. The van der Waals surface area contributed by atoms with E-state index >= 15 is 0 Å². The Labute approximate surface area is 164 Å². The van der Waals surface area contributed by atoms with Crippen LogP contribution in [0.4, 0.5) is 23.3 Å². The van der Waals surface area contributed by atoms with Gasteiger partial charge in [0, 0.05) is 36.1 Å². The van der Waals surface area contributed by atoms with E-state index in [2.05, 4.69) is 22.2 Å². The van der Waals surface area contributed by atoms with Crippen molar-refractivity contribution in [3.63, 3.8) is 0 Å².